The van der Waals surface area contributed by atoms with Gasteiger partial charge < -0.3 is 15.3 Å². The van der Waals surface area contributed by atoms with Crippen molar-refractivity contribution in [2.45, 2.75) is 5.92 Å². The van der Waals surface area contributed by atoms with E-state index in [0.29, 0.717) is 0 Å². The molecule has 140 valence electrons. The van der Waals surface area contributed by atoms with Crippen LogP contribution in [0.15, 0.2) is 72.8 Å². The van der Waals surface area contributed by atoms with Gasteiger partial charge in [-0.1, -0.05) is 36.4 Å². The van der Waals surface area contributed by atoms with E-state index in [0.717, 1.165) is 16.7 Å². The van der Waals surface area contributed by atoms with Gasteiger partial charge in [-0.05, 0) is 53.1 Å². The van der Waals surface area contributed by atoms with E-state index in [-0.39, 0.29) is 22.6 Å². The van der Waals surface area contributed by atoms with E-state index in [1.54, 1.807) is 36.4 Å². The molecule has 0 saturated carbocycles. The molecule has 0 aliphatic rings. The molecular formula is C22H16O6. The van der Waals surface area contributed by atoms with Gasteiger partial charge in [-0.15, -0.1) is 0 Å². The van der Waals surface area contributed by atoms with Crippen molar-refractivity contribution in [3.05, 3.63) is 106 Å². The fourth-order valence-corrected chi connectivity index (χ4v) is 3.03. The molecule has 3 aromatic carbocycles. The maximum absolute atomic E-state index is 11.1. The molecule has 0 unspecified atom stereocenters. The van der Waals surface area contributed by atoms with Gasteiger partial charge in [-0.3, -0.25) is 0 Å². The van der Waals surface area contributed by atoms with Crippen LogP contribution in [-0.4, -0.2) is 33.2 Å². The zero-order chi connectivity index (χ0) is 20.3. The molecule has 0 radical (unpaired) electrons. The minimum atomic E-state index is -1.03. The Morgan fingerprint density at radius 3 is 0.857 bits per heavy atom. The average Bonchev–Trinajstić information content (AvgIpc) is 2.69. The number of benzene rings is 3. The highest BCUT2D eigenvalue weighted by Crippen LogP contribution is 2.32. The number of carboxylic acids is 3. The Morgan fingerprint density at radius 2 is 0.679 bits per heavy atom. The third-order valence-corrected chi connectivity index (χ3v) is 4.47. The van der Waals surface area contributed by atoms with Crippen LogP contribution >= 0.6 is 0 Å². The van der Waals surface area contributed by atoms with E-state index in [9.17, 15) is 14.4 Å². The molecule has 0 saturated heterocycles. The first kappa shape index (κ1) is 18.8. The van der Waals surface area contributed by atoms with Crippen LogP contribution in [0.5, 0.6) is 0 Å². The third-order valence-electron chi connectivity index (χ3n) is 4.47. The number of carbonyl (C=O) groups is 3. The molecule has 0 bridgehead atoms. The zero-order valence-electron chi connectivity index (χ0n) is 14.6. The molecule has 3 N–H and O–H groups in total. The Balaban J connectivity index is 2.08. The van der Waals surface area contributed by atoms with Crippen molar-refractivity contribution < 1.29 is 29.7 Å². The van der Waals surface area contributed by atoms with Gasteiger partial charge in [0.05, 0.1) is 16.7 Å². The van der Waals surface area contributed by atoms with E-state index in [4.69, 9.17) is 15.3 Å². The molecule has 0 spiro atoms. The fraction of sp³-hybridized carbons (Fsp3) is 0.0455. The third kappa shape index (κ3) is 3.91. The lowest BCUT2D eigenvalue weighted by molar-refractivity contribution is 0.0686. The van der Waals surface area contributed by atoms with Gasteiger partial charge in [-0.25, -0.2) is 14.4 Å². The second-order valence-electron chi connectivity index (χ2n) is 6.21. The molecule has 0 heterocycles. The van der Waals surface area contributed by atoms with Crippen molar-refractivity contribution in [2.75, 3.05) is 0 Å². The molecule has 6 heteroatoms. The second-order valence-corrected chi connectivity index (χ2v) is 6.21. The number of aromatic carboxylic acids is 3. The van der Waals surface area contributed by atoms with Crippen LogP contribution in [0, 0.1) is 0 Å². The van der Waals surface area contributed by atoms with Crippen LogP contribution in [0.1, 0.15) is 53.7 Å². The van der Waals surface area contributed by atoms with Crippen molar-refractivity contribution in [3.8, 4) is 0 Å². The van der Waals surface area contributed by atoms with Crippen molar-refractivity contribution in [1.82, 2.24) is 0 Å². The lowest BCUT2D eigenvalue weighted by atomic mass is 9.84. The summed E-state index contributed by atoms with van der Waals surface area (Å²) in [6.45, 7) is 0. The summed E-state index contributed by atoms with van der Waals surface area (Å²) in [6, 6.07) is 19.2. The molecule has 0 fully saturated rings. The highest BCUT2D eigenvalue weighted by atomic mass is 16.4. The first-order valence-electron chi connectivity index (χ1n) is 8.36. The second kappa shape index (κ2) is 7.75. The van der Waals surface area contributed by atoms with E-state index in [1.807, 2.05) is 0 Å². The van der Waals surface area contributed by atoms with Crippen LogP contribution < -0.4 is 0 Å². The molecule has 0 amide bonds. The first-order chi connectivity index (χ1) is 13.4. The van der Waals surface area contributed by atoms with Gasteiger partial charge in [0.25, 0.3) is 0 Å². The van der Waals surface area contributed by atoms with Gasteiger partial charge in [0.2, 0.25) is 0 Å². The number of carboxylic acid groups (broad SMARTS) is 3. The highest BCUT2D eigenvalue weighted by molar-refractivity contribution is 5.88. The van der Waals surface area contributed by atoms with Gasteiger partial charge in [-0.2, -0.15) is 0 Å². The van der Waals surface area contributed by atoms with Crippen LogP contribution in [-0.2, 0) is 0 Å². The Morgan fingerprint density at radius 1 is 0.464 bits per heavy atom. The summed E-state index contributed by atoms with van der Waals surface area (Å²) >= 11 is 0. The number of hydrogen-bond donors (Lipinski definition) is 3. The average molecular weight is 376 g/mol. The summed E-state index contributed by atoms with van der Waals surface area (Å²) in [5.74, 6) is -3.40. The van der Waals surface area contributed by atoms with E-state index in [2.05, 4.69) is 0 Å². The molecule has 0 aliphatic heterocycles. The molecule has 0 aromatic heterocycles. The molecule has 6 nitrogen and oxygen atoms in total. The van der Waals surface area contributed by atoms with E-state index < -0.39 is 17.9 Å². The molecule has 28 heavy (non-hydrogen) atoms. The monoisotopic (exact) mass is 376 g/mol. The van der Waals surface area contributed by atoms with Crippen molar-refractivity contribution >= 4 is 17.9 Å². The van der Waals surface area contributed by atoms with Gasteiger partial charge in [0, 0.05) is 5.92 Å². The van der Waals surface area contributed by atoms with Gasteiger partial charge >= 0.3 is 17.9 Å². The smallest absolute Gasteiger partial charge is 0.335 e. The summed E-state index contributed by atoms with van der Waals surface area (Å²) in [6.07, 6.45) is 0. The predicted molar refractivity (Wildman–Crippen MR) is 101 cm³/mol. The van der Waals surface area contributed by atoms with Gasteiger partial charge in [0.1, 0.15) is 0 Å². The predicted octanol–water partition coefficient (Wildman–Crippen LogP) is 3.96. The Hall–Kier alpha value is -3.93. The van der Waals surface area contributed by atoms with Crippen molar-refractivity contribution in [3.63, 3.8) is 0 Å². The van der Waals surface area contributed by atoms with Crippen LogP contribution in [0.2, 0.25) is 0 Å². The maximum atomic E-state index is 11.1. The summed E-state index contributed by atoms with van der Waals surface area (Å²) in [4.78, 5) is 33.3. The van der Waals surface area contributed by atoms with E-state index >= 15 is 0 Å². The molecule has 3 rings (SSSR count). The lowest BCUT2D eigenvalue weighted by Crippen LogP contribution is -2.06. The molecule has 0 aliphatic carbocycles. The normalized spacial score (nSPS) is 10.6. The summed E-state index contributed by atoms with van der Waals surface area (Å²) in [7, 11) is 0. The molecular weight excluding hydrogens is 360 g/mol. The zero-order valence-corrected chi connectivity index (χ0v) is 14.6. The lowest BCUT2D eigenvalue weighted by Gasteiger charge is -2.19. The Kier molecular flexibility index (Phi) is 5.22. The number of hydrogen-bond acceptors (Lipinski definition) is 3. The first-order valence-corrected chi connectivity index (χ1v) is 8.36. The minimum absolute atomic E-state index is 0.157. The summed E-state index contributed by atoms with van der Waals surface area (Å²) in [5.41, 5.74) is 2.88. The van der Waals surface area contributed by atoms with Gasteiger partial charge in [0.15, 0.2) is 0 Å². The SMILES string of the molecule is O=C(O)c1ccc(C(c2ccc(C(=O)O)cc2)c2ccc(C(=O)O)cc2)cc1. The van der Waals surface area contributed by atoms with Crippen LogP contribution in [0.3, 0.4) is 0 Å². The standard InChI is InChI=1S/C22H16O6/c23-20(24)16-7-1-13(2-8-16)19(14-3-9-17(10-4-14)21(25)26)15-5-11-18(12-6-15)22(27)28/h1-12,19H,(H,23,24)(H,25,26)(H,27,28). The van der Waals surface area contributed by atoms with Crippen LogP contribution in [0.25, 0.3) is 0 Å². The summed E-state index contributed by atoms with van der Waals surface area (Å²) < 4.78 is 0. The summed E-state index contributed by atoms with van der Waals surface area (Å²) in [5, 5.41) is 27.3. The fourth-order valence-electron chi connectivity index (χ4n) is 3.03. The quantitative estimate of drug-likeness (QED) is 0.562. The molecule has 3 aromatic rings. The Bertz CT molecular complexity index is 881. The Labute approximate surface area is 160 Å². The maximum Gasteiger partial charge on any atom is 0.335 e. The van der Waals surface area contributed by atoms with Crippen molar-refractivity contribution in [2.24, 2.45) is 0 Å². The van der Waals surface area contributed by atoms with E-state index in [1.165, 1.54) is 36.4 Å². The topological polar surface area (TPSA) is 112 Å². The number of rotatable bonds is 6. The highest BCUT2D eigenvalue weighted by Gasteiger charge is 2.18. The molecule has 0 atom stereocenters. The van der Waals surface area contributed by atoms with Crippen LogP contribution in [0.4, 0.5) is 0 Å². The largest absolute Gasteiger partial charge is 0.478 e. The minimum Gasteiger partial charge on any atom is -0.478 e. The van der Waals surface area contributed by atoms with Crippen molar-refractivity contribution in [1.29, 1.82) is 0 Å².